The Balaban J connectivity index is 1.73. The van der Waals surface area contributed by atoms with Crippen molar-refractivity contribution >= 4 is 5.91 Å². The Hall–Kier alpha value is -0.610. The van der Waals surface area contributed by atoms with Crippen LogP contribution in [0.1, 0.15) is 32.1 Å². The number of primary amides is 1. The zero-order chi connectivity index (χ0) is 11.4. The molecule has 92 valence electrons. The van der Waals surface area contributed by atoms with Gasteiger partial charge in [0.05, 0.1) is 0 Å². The molecular weight excluding hydrogens is 202 g/mol. The highest BCUT2D eigenvalue weighted by molar-refractivity contribution is 5.73. The molecule has 0 bridgehead atoms. The first-order chi connectivity index (χ1) is 7.75. The van der Waals surface area contributed by atoms with Crippen LogP contribution in [0.25, 0.3) is 0 Å². The maximum absolute atomic E-state index is 10.8. The minimum atomic E-state index is -0.141. The number of likely N-dealkylation sites (tertiary alicyclic amines) is 1. The molecule has 0 spiro atoms. The Morgan fingerprint density at radius 1 is 1.31 bits per heavy atom. The zero-order valence-electron chi connectivity index (χ0n) is 9.95. The van der Waals surface area contributed by atoms with Gasteiger partial charge in [0.15, 0.2) is 0 Å². The first-order valence-electron chi connectivity index (χ1n) is 6.49. The van der Waals surface area contributed by atoms with Crippen molar-refractivity contribution in [3.05, 3.63) is 0 Å². The largest absolute Gasteiger partial charge is 0.370 e. The molecule has 4 heteroatoms. The molecular formula is C12H23N3O. The van der Waals surface area contributed by atoms with Crippen LogP contribution >= 0.6 is 0 Å². The molecule has 2 heterocycles. The highest BCUT2D eigenvalue weighted by Crippen LogP contribution is 2.23. The molecule has 0 radical (unpaired) electrons. The lowest BCUT2D eigenvalue weighted by Crippen LogP contribution is -2.49. The molecule has 2 fully saturated rings. The summed E-state index contributed by atoms with van der Waals surface area (Å²) >= 11 is 0. The molecule has 2 saturated heterocycles. The summed E-state index contributed by atoms with van der Waals surface area (Å²) in [7, 11) is 0. The fourth-order valence-corrected chi connectivity index (χ4v) is 2.95. The zero-order valence-corrected chi connectivity index (χ0v) is 9.95. The number of nitrogens with one attached hydrogen (secondary N) is 1. The third kappa shape index (κ3) is 3.19. The number of nitrogens with two attached hydrogens (primary N) is 1. The van der Waals surface area contributed by atoms with Crippen LogP contribution in [0.5, 0.6) is 0 Å². The van der Waals surface area contributed by atoms with E-state index in [2.05, 4.69) is 10.2 Å². The van der Waals surface area contributed by atoms with E-state index in [0.717, 1.165) is 38.5 Å². The Kier molecular flexibility index (Phi) is 4.18. The second-order valence-corrected chi connectivity index (χ2v) is 5.15. The lowest BCUT2D eigenvalue weighted by molar-refractivity contribution is -0.119. The molecule has 4 nitrogen and oxygen atoms in total. The number of rotatable bonds is 3. The molecule has 2 rings (SSSR count). The van der Waals surface area contributed by atoms with Gasteiger partial charge in [-0.1, -0.05) is 0 Å². The monoisotopic (exact) mass is 225 g/mol. The predicted octanol–water partition coefficient (Wildman–Crippen LogP) is 0.326. The van der Waals surface area contributed by atoms with Crippen LogP contribution < -0.4 is 11.1 Å². The summed E-state index contributed by atoms with van der Waals surface area (Å²) in [6, 6.07) is 0.725. The smallest absolute Gasteiger partial charge is 0.217 e. The van der Waals surface area contributed by atoms with E-state index in [1.165, 1.54) is 19.4 Å². The molecule has 2 aliphatic heterocycles. The third-order valence-electron chi connectivity index (χ3n) is 3.93. The fraction of sp³-hybridized carbons (Fsp3) is 0.917. The number of hydrogen-bond acceptors (Lipinski definition) is 3. The average Bonchev–Trinajstić information content (AvgIpc) is 2.30. The van der Waals surface area contributed by atoms with Gasteiger partial charge < -0.3 is 11.1 Å². The molecule has 0 aromatic rings. The van der Waals surface area contributed by atoms with Gasteiger partial charge in [-0.3, -0.25) is 9.69 Å². The molecule has 1 amide bonds. The minimum absolute atomic E-state index is 0.141. The van der Waals surface area contributed by atoms with Gasteiger partial charge in [-0.25, -0.2) is 0 Å². The van der Waals surface area contributed by atoms with Crippen LogP contribution in [0, 0.1) is 5.92 Å². The quantitative estimate of drug-likeness (QED) is 0.727. The first-order valence-corrected chi connectivity index (χ1v) is 6.49. The second-order valence-electron chi connectivity index (χ2n) is 5.15. The molecule has 1 atom stereocenters. The van der Waals surface area contributed by atoms with Crippen molar-refractivity contribution in [2.24, 2.45) is 11.7 Å². The normalized spacial score (nSPS) is 29.1. The minimum Gasteiger partial charge on any atom is -0.370 e. The van der Waals surface area contributed by atoms with E-state index in [0.29, 0.717) is 12.3 Å². The van der Waals surface area contributed by atoms with Crippen molar-refractivity contribution in [2.75, 3.05) is 26.2 Å². The van der Waals surface area contributed by atoms with Crippen LogP contribution in [0.3, 0.4) is 0 Å². The summed E-state index contributed by atoms with van der Waals surface area (Å²) < 4.78 is 0. The van der Waals surface area contributed by atoms with Gasteiger partial charge in [0.2, 0.25) is 5.91 Å². The summed E-state index contributed by atoms with van der Waals surface area (Å²) in [5.74, 6) is 0.392. The van der Waals surface area contributed by atoms with Crippen molar-refractivity contribution in [1.82, 2.24) is 10.2 Å². The number of hydrogen-bond donors (Lipinski definition) is 2. The van der Waals surface area contributed by atoms with Gasteiger partial charge >= 0.3 is 0 Å². The summed E-state index contributed by atoms with van der Waals surface area (Å²) in [4.78, 5) is 13.4. The summed E-state index contributed by atoms with van der Waals surface area (Å²) in [6.45, 7) is 4.60. The highest BCUT2D eigenvalue weighted by atomic mass is 16.1. The second kappa shape index (κ2) is 5.64. The summed E-state index contributed by atoms with van der Waals surface area (Å²) in [6.07, 6.45) is 5.48. The maximum atomic E-state index is 10.8. The lowest BCUT2D eigenvalue weighted by Gasteiger charge is -2.39. The first kappa shape index (κ1) is 11.9. The predicted molar refractivity (Wildman–Crippen MR) is 64.0 cm³/mol. The molecule has 0 aromatic heterocycles. The van der Waals surface area contributed by atoms with Crippen molar-refractivity contribution in [3.63, 3.8) is 0 Å². The van der Waals surface area contributed by atoms with E-state index in [-0.39, 0.29) is 5.91 Å². The Labute approximate surface area is 97.6 Å². The standard InChI is InChI=1S/C12H23N3O/c13-12(16)8-10-3-6-15(7-4-10)11-2-1-5-14-9-11/h10-11,14H,1-9H2,(H2,13,16). The van der Waals surface area contributed by atoms with Crippen molar-refractivity contribution in [2.45, 2.75) is 38.1 Å². The average molecular weight is 225 g/mol. The fourth-order valence-electron chi connectivity index (χ4n) is 2.95. The van der Waals surface area contributed by atoms with Crippen molar-refractivity contribution in [1.29, 1.82) is 0 Å². The lowest BCUT2D eigenvalue weighted by atomic mass is 9.91. The molecule has 2 aliphatic rings. The van der Waals surface area contributed by atoms with Gasteiger partial charge in [-0.05, 0) is 51.2 Å². The van der Waals surface area contributed by atoms with Crippen molar-refractivity contribution < 1.29 is 4.79 Å². The van der Waals surface area contributed by atoms with Crippen LogP contribution in [0.15, 0.2) is 0 Å². The van der Waals surface area contributed by atoms with E-state index in [9.17, 15) is 4.79 Å². The van der Waals surface area contributed by atoms with Crippen LogP contribution in [-0.4, -0.2) is 43.0 Å². The highest BCUT2D eigenvalue weighted by Gasteiger charge is 2.26. The van der Waals surface area contributed by atoms with E-state index >= 15 is 0 Å². The Morgan fingerprint density at radius 2 is 2.06 bits per heavy atom. The topological polar surface area (TPSA) is 58.4 Å². The molecule has 0 saturated carbocycles. The van der Waals surface area contributed by atoms with Crippen molar-refractivity contribution in [3.8, 4) is 0 Å². The number of amides is 1. The number of carbonyl (C=O) groups is 1. The van der Waals surface area contributed by atoms with Crippen LogP contribution in [-0.2, 0) is 4.79 Å². The maximum Gasteiger partial charge on any atom is 0.217 e. The molecule has 0 aromatic carbocycles. The van der Waals surface area contributed by atoms with Gasteiger partial charge in [-0.2, -0.15) is 0 Å². The number of nitrogens with zero attached hydrogens (tertiary/aromatic N) is 1. The van der Waals surface area contributed by atoms with Gasteiger partial charge in [0, 0.05) is 19.0 Å². The van der Waals surface area contributed by atoms with E-state index in [4.69, 9.17) is 5.73 Å². The van der Waals surface area contributed by atoms with Gasteiger partial charge in [0.1, 0.15) is 0 Å². The SMILES string of the molecule is NC(=O)CC1CCN(C2CCCNC2)CC1. The van der Waals surface area contributed by atoms with Gasteiger partial charge in [0.25, 0.3) is 0 Å². The molecule has 3 N–H and O–H groups in total. The van der Waals surface area contributed by atoms with Crippen LogP contribution in [0.2, 0.25) is 0 Å². The number of piperidine rings is 2. The van der Waals surface area contributed by atoms with E-state index in [1.807, 2.05) is 0 Å². The molecule has 1 unspecified atom stereocenters. The van der Waals surface area contributed by atoms with E-state index < -0.39 is 0 Å². The van der Waals surface area contributed by atoms with E-state index in [1.54, 1.807) is 0 Å². The summed E-state index contributed by atoms with van der Waals surface area (Å²) in [5.41, 5.74) is 5.24. The molecule has 16 heavy (non-hydrogen) atoms. The molecule has 0 aliphatic carbocycles. The Bertz CT molecular complexity index is 230. The number of carbonyl (C=O) groups excluding carboxylic acids is 1. The van der Waals surface area contributed by atoms with Gasteiger partial charge in [-0.15, -0.1) is 0 Å². The third-order valence-corrected chi connectivity index (χ3v) is 3.93. The summed E-state index contributed by atoms with van der Waals surface area (Å²) in [5, 5.41) is 3.46. The Morgan fingerprint density at radius 3 is 2.62 bits per heavy atom. The van der Waals surface area contributed by atoms with Crippen LogP contribution in [0.4, 0.5) is 0 Å².